The fraction of sp³-hybridized carbons (Fsp3) is 0.412. The summed E-state index contributed by atoms with van der Waals surface area (Å²) in [6.45, 7) is 2.74. The van der Waals surface area contributed by atoms with Gasteiger partial charge in [0.15, 0.2) is 3.95 Å². The lowest BCUT2D eigenvalue weighted by Gasteiger charge is -2.32. The first-order valence-electron chi connectivity index (χ1n) is 7.95. The van der Waals surface area contributed by atoms with Gasteiger partial charge in [-0.15, -0.1) is 11.3 Å². The van der Waals surface area contributed by atoms with Gasteiger partial charge in [-0.2, -0.15) is 0 Å². The number of amides is 1. The Morgan fingerprint density at radius 2 is 2.21 bits per heavy atom. The van der Waals surface area contributed by atoms with Gasteiger partial charge in [-0.1, -0.05) is 13.0 Å². The molecular formula is C17H20N2O3S2. The molecule has 0 unspecified atom stereocenters. The van der Waals surface area contributed by atoms with Crippen LogP contribution in [0.2, 0.25) is 0 Å². The zero-order valence-corrected chi connectivity index (χ0v) is 15.4. The Kier molecular flexibility index (Phi) is 4.91. The SMILES string of the molecule is CCCN1C(=O)CCc2c(Cc3sc(=S)[nH]c3O)ccc(OC)c21. The quantitative estimate of drug-likeness (QED) is 0.792. The molecule has 0 fully saturated rings. The van der Waals surface area contributed by atoms with Crippen LogP contribution in [-0.2, 0) is 17.6 Å². The van der Waals surface area contributed by atoms with Crippen molar-refractivity contribution in [1.29, 1.82) is 0 Å². The fourth-order valence-electron chi connectivity index (χ4n) is 3.16. The van der Waals surface area contributed by atoms with Crippen molar-refractivity contribution in [2.75, 3.05) is 18.6 Å². The largest absolute Gasteiger partial charge is 0.495 e. The molecule has 5 nitrogen and oxygen atoms in total. The highest BCUT2D eigenvalue weighted by Gasteiger charge is 2.29. The van der Waals surface area contributed by atoms with Gasteiger partial charge in [0.1, 0.15) is 5.75 Å². The van der Waals surface area contributed by atoms with E-state index in [1.54, 1.807) is 7.11 Å². The zero-order valence-electron chi connectivity index (χ0n) is 13.7. The molecule has 3 rings (SSSR count). The van der Waals surface area contributed by atoms with Gasteiger partial charge in [0.05, 0.1) is 17.7 Å². The number of hydrogen-bond acceptors (Lipinski definition) is 5. The minimum Gasteiger partial charge on any atom is -0.495 e. The van der Waals surface area contributed by atoms with Crippen LogP contribution in [-0.4, -0.2) is 29.7 Å². The first kappa shape index (κ1) is 17.0. The molecule has 1 aromatic heterocycles. The third-order valence-corrected chi connectivity index (χ3v) is 5.44. The summed E-state index contributed by atoms with van der Waals surface area (Å²) in [7, 11) is 1.63. The van der Waals surface area contributed by atoms with Crippen molar-refractivity contribution in [2.45, 2.75) is 32.6 Å². The van der Waals surface area contributed by atoms with Crippen molar-refractivity contribution in [2.24, 2.45) is 0 Å². The molecule has 2 aromatic rings. The number of aromatic hydroxyl groups is 1. The van der Waals surface area contributed by atoms with Gasteiger partial charge < -0.3 is 19.7 Å². The Labute approximate surface area is 149 Å². The second-order valence-corrected chi connectivity index (χ2v) is 7.53. The van der Waals surface area contributed by atoms with Crippen molar-refractivity contribution in [3.05, 3.63) is 32.1 Å². The first-order valence-corrected chi connectivity index (χ1v) is 9.17. The van der Waals surface area contributed by atoms with Gasteiger partial charge in [0.2, 0.25) is 11.8 Å². The predicted molar refractivity (Wildman–Crippen MR) is 97.9 cm³/mol. The lowest BCUT2D eigenvalue weighted by atomic mass is 9.93. The van der Waals surface area contributed by atoms with Crippen LogP contribution in [0.25, 0.3) is 0 Å². The number of rotatable bonds is 5. The number of benzene rings is 1. The molecule has 7 heteroatoms. The smallest absolute Gasteiger partial charge is 0.227 e. The first-order chi connectivity index (χ1) is 11.5. The highest BCUT2D eigenvalue weighted by molar-refractivity contribution is 7.73. The summed E-state index contributed by atoms with van der Waals surface area (Å²) >= 11 is 6.47. The second kappa shape index (κ2) is 6.94. The van der Waals surface area contributed by atoms with E-state index < -0.39 is 0 Å². The number of fused-ring (bicyclic) bond motifs is 1. The number of methoxy groups -OCH3 is 1. The minimum atomic E-state index is 0.131. The van der Waals surface area contributed by atoms with E-state index in [2.05, 4.69) is 11.9 Å². The lowest BCUT2D eigenvalue weighted by molar-refractivity contribution is -0.118. The Hall–Kier alpha value is -1.86. The molecule has 0 saturated heterocycles. The molecule has 1 aliphatic heterocycles. The molecule has 1 amide bonds. The molecule has 0 aliphatic carbocycles. The maximum atomic E-state index is 12.4. The number of aromatic amines is 1. The maximum Gasteiger partial charge on any atom is 0.227 e. The maximum absolute atomic E-state index is 12.4. The highest BCUT2D eigenvalue weighted by atomic mass is 32.1. The van der Waals surface area contributed by atoms with Crippen LogP contribution in [0.15, 0.2) is 12.1 Å². The topological polar surface area (TPSA) is 65.6 Å². The number of carbonyl (C=O) groups excluding carboxylic acids is 1. The molecule has 0 saturated carbocycles. The Balaban J connectivity index is 2.08. The van der Waals surface area contributed by atoms with Gasteiger partial charge in [0.25, 0.3) is 0 Å². The molecule has 0 atom stereocenters. The van der Waals surface area contributed by atoms with Gasteiger partial charge in [-0.05, 0) is 42.3 Å². The van der Waals surface area contributed by atoms with Crippen LogP contribution in [0, 0.1) is 3.95 Å². The summed E-state index contributed by atoms with van der Waals surface area (Å²) in [6.07, 6.45) is 2.67. The van der Waals surface area contributed by atoms with E-state index in [9.17, 15) is 9.90 Å². The summed E-state index contributed by atoms with van der Waals surface area (Å²) in [4.78, 5) is 17.8. The van der Waals surface area contributed by atoms with E-state index in [0.717, 1.165) is 33.9 Å². The molecular weight excluding hydrogens is 344 g/mol. The van der Waals surface area contributed by atoms with Crippen molar-refractivity contribution in [3.8, 4) is 11.6 Å². The molecule has 128 valence electrons. The molecule has 1 aromatic carbocycles. The van der Waals surface area contributed by atoms with Crippen LogP contribution in [0.5, 0.6) is 11.6 Å². The number of nitrogens with zero attached hydrogens (tertiary/aromatic N) is 1. The molecule has 2 heterocycles. The second-order valence-electron chi connectivity index (χ2n) is 5.76. The van der Waals surface area contributed by atoms with Gasteiger partial charge >= 0.3 is 0 Å². The number of ether oxygens (including phenoxy) is 1. The summed E-state index contributed by atoms with van der Waals surface area (Å²) < 4.78 is 6.07. The molecule has 24 heavy (non-hydrogen) atoms. The average molecular weight is 364 g/mol. The zero-order chi connectivity index (χ0) is 17.3. The summed E-state index contributed by atoms with van der Waals surface area (Å²) in [6, 6.07) is 3.91. The Morgan fingerprint density at radius 1 is 1.42 bits per heavy atom. The number of anilines is 1. The highest BCUT2D eigenvalue weighted by Crippen LogP contribution is 2.40. The minimum absolute atomic E-state index is 0.131. The van der Waals surface area contributed by atoms with Crippen molar-refractivity contribution < 1.29 is 14.6 Å². The number of thiazole rings is 1. The van der Waals surface area contributed by atoms with Crippen molar-refractivity contribution >= 4 is 35.1 Å². The molecule has 0 spiro atoms. The van der Waals surface area contributed by atoms with Crippen LogP contribution >= 0.6 is 23.6 Å². The predicted octanol–water partition coefficient (Wildman–Crippen LogP) is 3.80. The van der Waals surface area contributed by atoms with Crippen LogP contribution in [0.4, 0.5) is 5.69 Å². The van der Waals surface area contributed by atoms with Crippen LogP contribution < -0.4 is 9.64 Å². The molecule has 2 N–H and O–H groups in total. The summed E-state index contributed by atoms with van der Waals surface area (Å²) in [5.74, 6) is 0.994. The van der Waals surface area contributed by atoms with E-state index in [4.69, 9.17) is 17.0 Å². The normalized spacial score (nSPS) is 13.9. The monoisotopic (exact) mass is 364 g/mol. The standard InChI is InChI=1S/C17H20N2O3S2/c1-3-8-19-14(20)7-5-11-10(4-6-12(22-2)15(11)19)9-13-16(21)18-17(23)24-13/h4,6,21H,3,5,7-9H2,1-2H3,(H,18,23). The van der Waals surface area contributed by atoms with Gasteiger partial charge in [0, 0.05) is 19.4 Å². The molecule has 1 aliphatic rings. The summed E-state index contributed by atoms with van der Waals surface area (Å²) in [5.41, 5.74) is 3.10. The van der Waals surface area contributed by atoms with E-state index in [-0.39, 0.29) is 11.8 Å². The molecule has 0 radical (unpaired) electrons. The molecule has 0 bridgehead atoms. The van der Waals surface area contributed by atoms with Crippen molar-refractivity contribution in [3.63, 3.8) is 0 Å². The lowest BCUT2D eigenvalue weighted by Crippen LogP contribution is -2.36. The number of H-pyrrole nitrogens is 1. The van der Waals surface area contributed by atoms with Crippen molar-refractivity contribution in [1.82, 2.24) is 4.98 Å². The van der Waals surface area contributed by atoms with Gasteiger partial charge in [-0.3, -0.25) is 4.79 Å². The van der Waals surface area contributed by atoms with Gasteiger partial charge in [-0.25, -0.2) is 0 Å². The number of aromatic nitrogens is 1. The average Bonchev–Trinajstić information content (AvgIpc) is 2.87. The summed E-state index contributed by atoms with van der Waals surface area (Å²) in [5, 5.41) is 9.97. The third kappa shape index (κ3) is 3.06. The van der Waals surface area contributed by atoms with Crippen LogP contribution in [0.3, 0.4) is 0 Å². The fourth-order valence-corrected chi connectivity index (χ4v) is 4.30. The van der Waals surface area contributed by atoms with E-state index in [1.807, 2.05) is 17.0 Å². The Morgan fingerprint density at radius 3 is 2.83 bits per heavy atom. The number of hydrogen-bond donors (Lipinski definition) is 2. The van der Waals surface area contributed by atoms with E-state index in [1.165, 1.54) is 11.3 Å². The van der Waals surface area contributed by atoms with E-state index in [0.29, 0.717) is 29.8 Å². The third-order valence-electron chi connectivity index (χ3n) is 4.22. The Bertz CT molecular complexity index is 826. The van der Waals surface area contributed by atoms with Crippen LogP contribution in [0.1, 0.15) is 35.8 Å². The number of nitrogens with one attached hydrogen (secondary N) is 1. The van der Waals surface area contributed by atoms with E-state index >= 15 is 0 Å². The number of carbonyl (C=O) groups is 1.